The van der Waals surface area contributed by atoms with Crippen LogP contribution in [0.4, 0.5) is 5.69 Å². The molecule has 0 spiro atoms. The summed E-state index contributed by atoms with van der Waals surface area (Å²) in [6.45, 7) is 1.17. The van der Waals surface area contributed by atoms with Gasteiger partial charge in [0, 0.05) is 24.8 Å². The zero-order valence-corrected chi connectivity index (χ0v) is 9.51. The van der Waals surface area contributed by atoms with Crippen molar-refractivity contribution in [2.24, 2.45) is 0 Å². The largest absolute Gasteiger partial charge is 0.374 e. The van der Waals surface area contributed by atoms with Gasteiger partial charge < -0.3 is 10.2 Å². The highest BCUT2D eigenvalue weighted by Crippen LogP contribution is 2.46. The lowest BCUT2D eigenvalue weighted by Gasteiger charge is -2.17. The van der Waals surface area contributed by atoms with Crippen LogP contribution >= 0.6 is 0 Å². The number of fused-ring (bicyclic) bond motifs is 1. The van der Waals surface area contributed by atoms with E-state index in [-0.39, 0.29) is 0 Å². The van der Waals surface area contributed by atoms with Crippen molar-refractivity contribution >= 4 is 5.69 Å². The Morgan fingerprint density at radius 3 is 2.80 bits per heavy atom. The van der Waals surface area contributed by atoms with Crippen molar-refractivity contribution in [1.82, 2.24) is 5.32 Å². The fourth-order valence-corrected chi connectivity index (χ4v) is 2.67. The third-order valence-electron chi connectivity index (χ3n) is 3.99. The Morgan fingerprint density at radius 2 is 2.13 bits per heavy atom. The topological polar surface area (TPSA) is 15.3 Å². The van der Waals surface area contributed by atoms with Crippen molar-refractivity contribution in [2.75, 3.05) is 25.5 Å². The lowest BCUT2D eigenvalue weighted by Crippen LogP contribution is -2.24. The van der Waals surface area contributed by atoms with E-state index >= 15 is 0 Å². The van der Waals surface area contributed by atoms with Gasteiger partial charge in [0.1, 0.15) is 0 Å². The van der Waals surface area contributed by atoms with Crippen LogP contribution in [-0.4, -0.2) is 20.6 Å². The second-order valence-electron chi connectivity index (χ2n) is 4.85. The van der Waals surface area contributed by atoms with Crippen molar-refractivity contribution in [1.29, 1.82) is 0 Å². The van der Waals surface area contributed by atoms with E-state index in [0.29, 0.717) is 5.54 Å². The minimum Gasteiger partial charge on any atom is -0.374 e. The van der Waals surface area contributed by atoms with Crippen LogP contribution in [0, 0.1) is 0 Å². The van der Waals surface area contributed by atoms with E-state index in [2.05, 4.69) is 42.5 Å². The molecule has 1 aliphatic heterocycles. The monoisotopic (exact) mass is 202 g/mol. The van der Waals surface area contributed by atoms with Gasteiger partial charge in [-0.15, -0.1) is 0 Å². The standard InChI is InChI=1S/C13H18N2/c1-14-13(6-7-13)11-3-4-12-10(9-11)5-8-15(12)2/h3-4,9,14H,5-8H2,1-2H3. The molecule has 1 heterocycles. The maximum Gasteiger partial charge on any atom is 0.0433 e. The minimum atomic E-state index is 0.316. The van der Waals surface area contributed by atoms with E-state index in [9.17, 15) is 0 Å². The van der Waals surface area contributed by atoms with Gasteiger partial charge in [-0.25, -0.2) is 0 Å². The highest BCUT2D eigenvalue weighted by molar-refractivity contribution is 5.59. The van der Waals surface area contributed by atoms with Gasteiger partial charge in [-0.3, -0.25) is 0 Å². The molecule has 0 saturated heterocycles. The molecule has 0 aromatic heterocycles. The van der Waals surface area contributed by atoms with Gasteiger partial charge in [-0.05, 0) is 43.5 Å². The molecule has 1 fully saturated rings. The predicted octanol–water partition coefficient (Wildman–Crippen LogP) is 1.89. The van der Waals surface area contributed by atoms with E-state index in [1.165, 1.54) is 42.6 Å². The number of likely N-dealkylation sites (N-methyl/N-ethyl adjacent to an activating group) is 1. The first-order valence-electron chi connectivity index (χ1n) is 5.79. The molecular formula is C13H18N2. The fourth-order valence-electron chi connectivity index (χ4n) is 2.67. The second kappa shape index (κ2) is 2.99. The maximum atomic E-state index is 3.46. The third-order valence-corrected chi connectivity index (χ3v) is 3.99. The molecule has 2 heteroatoms. The van der Waals surface area contributed by atoms with E-state index in [0.717, 1.165) is 0 Å². The van der Waals surface area contributed by atoms with Crippen LogP contribution in [0.1, 0.15) is 24.0 Å². The third kappa shape index (κ3) is 1.28. The SMILES string of the molecule is CNC1(c2ccc3c(c2)CCN3C)CC1. The maximum absolute atomic E-state index is 3.46. The number of nitrogens with one attached hydrogen (secondary N) is 1. The zero-order valence-electron chi connectivity index (χ0n) is 9.51. The Morgan fingerprint density at radius 1 is 1.33 bits per heavy atom. The Balaban J connectivity index is 2.00. The second-order valence-corrected chi connectivity index (χ2v) is 4.85. The van der Waals surface area contributed by atoms with Crippen molar-refractivity contribution in [3.63, 3.8) is 0 Å². The Bertz CT molecular complexity index is 394. The number of anilines is 1. The summed E-state index contributed by atoms with van der Waals surface area (Å²) >= 11 is 0. The molecule has 1 N–H and O–H groups in total. The van der Waals surface area contributed by atoms with Crippen molar-refractivity contribution in [3.8, 4) is 0 Å². The number of hydrogen-bond donors (Lipinski definition) is 1. The quantitative estimate of drug-likeness (QED) is 0.788. The summed E-state index contributed by atoms with van der Waals surface area (Å²) in [4.78, 5) is 2.35. The highest BCUT2D eigenvalue weighted by atomic mass is 15.1. The van der Waals surface area contributed by atoms with Crippen LogP contribution in [-0.2, 0) is 12.0 Å². The number of hydrogen-bond acceptors (Lipinski definition) is 2. The highest BCUT2D eigenvalue weighted by Gasteiger charge is 2.43. The molecule has 0 unspecified atom stereocenters. The van der Waals surface area contributed by atoms with Crippen LogP contribution in [0.25, 0.3) is 0 Å². The summed E-state index contributed by atoms with van der Waals surface area (Å²) < 4.78 is 0. The van der Waals surface area contributed by atoms with E-state index in [1.807, 2.05) is 0 Å². The summed E-state index contributed by atoms with van der Waals surface area (Å²) in [5, 5.41) is 3.46. The van der Waals surface area contributed by atoms with Crippen molar-refractivity contribution in [2.45, 2.75) is 24.8 Å². The minimum absolute atomic E-state index is 0.316. The van der Waals surface area contributed by atoms with E-state index in [1.54, 1.807) is 0 Å². The average molecular weight is 202 g/mol. The Hall–Kier alpha value is -1.02. The molecule has 1 saturated carbocycles. The fraction of sp³-hybridized carbons (Fsp3) is 0.538. The molecule has 2 nitrogen and oxygen atoms in total. The molecule has 0 bridgehead atoms. The smallest absolute Gasteiger partial charge is 0.0433 e. The van der Waals surface area contributed by atoms with E-state index in [4.69, 9.17) is 0 Å². The molecule has 0 atom stereocenters. The molecule has 3 rings (SSSR count). The molecule has 1 aromatic carbocycles. The van der Waals surface area contributed by atoms with Gasteiger partial charge in [-0.1, -0.05) is 12.1 Å². The van der Waals surface area contributed by atoms with Crippen LogP contribution in [0.2, 0.25) is 0 Å². The lowest BCUT2D eigenvalue weighted by atomic mass is 10.0. The molecule has 15 heavy (non-hydrogen) atoms. The molecule has 1 aliphatic carbocycles. The number of benzene rings is 1. The summed E-state index contributed by atoms with van der Waals surface area (Å²) in [6.07, 6.45) is 3.79. The molecule has 0 radical (unpaired) electrons. The van der Waals surface area contributed by atoms with Gasteiger partial charge >= 0.3 is 0 Å². The molecule has 80 valence electrons. The Labute approximate surface area is 91.3 Å². The van der Waals surface area contributed by atoms with Gasteiger partial charge in [0.25, 0.3) is 0 Å². The van der Waals surface area contributed by atoms with Crippen LogP contribution < -0.4 is 10.2 Å². The molecule has 2 aliphatic rings. The molecular weight excluding hydrogens is 184 g/mol. The average Bonchev–Trinajstić information content (AvgIpc) is 2.99. The van der Waals surface area contributed by atoms with Gasteiger partial charge in [0.05, 0.1) is 0 Å². The normalized spacial score (nSPS) is 21.6. The van der Waals surface area contributed by atoms with Crippen LogP contribution in [0.5, 0.6) is 0 Å². The molecule has 1 aromatic rings. The van der Waals surface area contributed by atoms with Crippen LogP contribution in [0.3, 0.4) is 0 Å². The first kappa shape index (κ1) is 9.22. The summed E-state index contributed by atoms with van der Waals surface area (Å²) in [6, 6.07) is 6.99. The Kier molecular flexibility index (Phi) is 1.84. The lowest BCUT2D eigenvalue weighted by molar-refractivity contribution is 0.585. The van der Waals surface area contributed by atoms with Crippen LogP contribution in [0.15, 0.2) is 18.2 Å². The number of rotatable bonds is 2. The van der Waals surface area contributed by atoms with E-state index < -0.39 is 0 Å². The van der Waals surface area contributed by atoms with Crippen molar-refractivity contribution in [3.05, 3.63) is 29.3 Å². The first-order valence-corrected chi connectivity index (χ1v) is 5.79. The number of nitrogens with zero attached hydrogens (tertiary/aromatic N) is 1. The van der Waals surface area contributed by atoms with Gasteiger partial charge in [0.2, 0.25) is 0 Å². The molecule has 0 amide bonds. The summed E-state index contributed by atoms with van der Waals surface area (Å²) in [7, 11) is 4.25. The summed E-state index contributed by atoms with van der Waals surface area (Å²) in [5.41, 5.74) is 4.75. The summed E-state index contributed by atoms with van der Waals surface area (Å²) in [5.74, 6) is 0. The predicted molar refractivity (Wildman–Crippen MR) is 63.4 cm³/mol. The van der Waals surface area contributed by atoms with Crippen molar-refractivity contribution < 1.29 is 0 Å². The van der Waals surface area contributed by atoms with Gasteiger partial charge in [-0.2, -0.15) is 0 Å². The first-order chi connectivity index (χ1) is 7.25. The van der Waals surface area contributed by atoms with Gasteiger partial charge in [0.15, 0.2) is 0 Å². The zero-order chi connectivity index (χ0) is 10.5.